The fourth-order valence-corrected chi connectivity index (χ4v) is 3.74. The van der Waals surface area contributed by atoms with Crippen molar-refractivity contribution in [3.63, 3.8) is 0 Å². The van der Waals surface area contributed by atoms with E-state index in [9.17, 15) is 14.7 Å². The second kappa shape index (κ2) is 5.40. The number of amides is 1. The third-order valence-electron chi connectivity index (χ3n) is 3.75. The van der Waals surface area contributed by atoms with Gasteiger partial charge in [0.25, 0.3) is 11.5 Å². The van der Waals surface area contributed by atoms with Gasteiger partial charge in [-0.05, 0) is 18.9 Å². The third kappa shape index (κ3) is 2.77. The summed E-state index contributed by atoms with van der Waals surface area (Å²) in [4.78, 5) is 30.5. The summed E-state index contributed by atoms with van der Waals surface area (Å²) in [5, 5.41) is 15.9. The number of rotatable bonds is 2. The highest BCUT2D eigenvalue weighted by Crippen LogP contribution is 2.31. The van der Waals surface area contributed by atoms with E-state index >= 15 is 0 Å². The first-order chi connectivity index (χ1) is 10.7. The van der Waals surface area contributed by atoms with Crippen LogP contribution in [0.4, 0.5) is 0 Å². The van der Waals surface area contributed by atoms with Gasteiger partial charge in [-0.25, -0.2) is 9.75 Å². The van der Waals surface area contributed by atoms with E-state index in [0.717, 1.165) is 15.5 Å². The molecule has 0 bridgehead atoms. The van der Waals surface area contributed by atoms with Crippen molar-refractivity contribution >= 4 is 27.3 Å². The number of carbonyl (C=O) groups is 1. The van der Waals surface area contributed by atoms with E-state index in [4.69, 9.17) is 4.84 Å². The number of fused-ring (bicyclic) bond motifs is 1. The van der Waals surface area contributed by atoms with Crippen molar-refractivity contribution in [1.29, 1.82) is 0 Å². The number of β-amino-alcohol motifs (C(OH)–C–C–N with tert-alkyl or cyclic N) is 1. The van der Waals surface area contributed by atoms with E-state index < -0.39 is 5.60 Å². The quantitative estimate of drug-likeness (QED) is 0.892. The Morgan fingerprint density at radius 1 is 1.52 bits per heavy atom. The van der Waals surface area contributed by atoms with Gasteiger partial charge in [0.1, 0.15) is 12.2 Å². The lowest BCUT2D eigenvalue weighted by Crippen LogP contribution is -2.33. The third-order valence-corrected chi connectivity index (χ3v) is 4.89. The normalized spacial score (nSPS) is 21.6. The highest BCUT2D eigenvalue weighted by Gasteiger charge is 2.37. The van der Waals surface area contributed by atoms with Gasteiger partial charge in [0.15, 0.2) is 0 Å². The predicted octanol–water partition coefficient (Wildman–Crippen LogP) is 1.26. The molecule has 0 aliphatic carbocycles. The summed E-state index contributed by atoms with van der Waals surface area (Å²) >= 11 is 1.24. The Bertz CT molecular complexity index is 837. The fourth-order valence-electron chi connectivity index (χ4n) is 2.52. The van der Waals surface area contributed by atoms with Gasteiger partial charge in [-0.3, -0.25) is 14.4 Å². The van der Waals surface area contributed by atoms with Gasteiger partial charge in [-0.1, -0.05) is 13.8 Å². The average Bonchev–Trinajstić information content (AvgIpc) is 3.05. The topological polar surface area (TPSA) is 84.7 Å². The molecule has 0 aromatic carbocycles. The Hall–Kier alpha value is -1.77. The molecule has 3 heterocycles. The van der Waals surface area contributed by atoms with Gasteiger partial charge in [-0.2, -0.15) is 5.10 Å². The minimum absolute atomic E-state index is 0.0736. The summed E-state index contributed by atoms with van der Waals surface area (Å²) in [5.74, 6) is -0.213. The number of aryl methyl sites for hydroxylation is 1. The molecule has 23 heavy (non-hydrogen) atoms. The maximum absolute atomic E-state index is 12.6. The van der Waals surface area contributed by atoms with Crippen molar-refractivity contribution in [3.8, 4) is 0 Å². The number of carbonyl (C=O) groups excluding carboxylic acids is 1. The number of nitrogens with zero attached hydrogens (tertiary/aromatic N) is 3. The van der Waals surface area contributed by atoms with Crippen LogP contribution >= 0.6 is 11.3 Å². The molecule has 7 nitrogen and oxygen atoms in total. The molecule has 0 unspecified atom stereocenters. The van der Waals surface area contributed by atoms with E-state index in [1.165, 1.54) is 16.0 Å². The Kier molecular flexibility index (Phi) is 3.78. The van der Waals surface area contributed by atoms with Crippen LogP contribution in [0.3, 0.4) is 0 Å². The lowest BCUT2D eigenvalue weighted by atomic mass is 10.1. The van der Waals surface area contributed by atoms with Crippen LogP contribution < -0.4 is 5.56 Å². The maximum Gasteiger partial charge on any atom is 0.287 e. The standard InChI is InChI=1S/C15H19N3O4S/c1-8(2)11-12-9(13(19)17(4)16-11)5-10(23-12)14(20)18-6-15(3,21)7-22-18/h5,8,21H,6-7H2,1-4H3/t15-/m0/s1. The molecular formula is C15H19N3O4S. The zero-order valence-corrected chi connectivity index (χ0v) is 14.3. The van der Waals surface area contributed by atoms with Crippen molar-refractivity contribution in [2.24, 2.45) is 7.05 Å². The Morgan fingerprint density at radius 3 is 2.78 bits per heavy atom. The van der Waals surface area contributed by atoms with Crippen molar-refractivity contribution < 1.29 is 14.7 Å². The van der Waals surface area contributed by atoms with Crippen molar-refractivity contribution in [2.75, 3.05) is 13.2 Å². The summed E-state index contributed by atoms with van der Waals surface area (Å²) in [6, 6.07) is 1.59. The molecule has 1 fully saturated rings. The van der Waals surface area contributed by atoms with E-state index in [1.54, 1.807) is 20.0 Å². The summed E-state index contributed by atoms with van der Waals surface area (Å²) in [6.45, 7) is 5.78. The lowest BCUT2D eigenvalue weighted by molar-refractivity contribution is -0.0794. The first kappa shape index (κ1) is 16.1. The van der Waals surface area contributed by atoms with Crippen LogP contribution in [0.25, 0.3) is 10.1 Å². The van der Waals surface area contributed by atoms with Crippen molar-refractivity contribution in [3.05, 3.63) is 27.0 Å². The maximum atomic E-state index is 12.6. The number of thiophene rings is 1. The van der Waals surface area contributed by atoms with Gasteiger partial charge >= 0.3 is 0 Å². The monoisotopic (exact) mass is 337 g/mol. The first-order valence-corrected chi connectivity index (χ1v) is 8.19. The minimum atomic E-state index is -1.05. The molecular weight excluding hydrogens is 318 g/mol. The van der Waals surface area contributed by atoms with Gasteiger partial charge in [0.2, 0.25) is 0 Å². The van der Waals surface area contributed by atoms with E-state index in [0.29, 0.717) is 10.3 Å². The average molecular weight is 337 g/mol. The highest BCUT2D eigenvalue weighted by atomic mass is 32.1. The summed E-state index contributed by atoms with van der Waals surface area (Å²) < 4.78 is 2.04. The first-order valence-electron chi connectivity index (χ1n) is 7.37. The van der Waals surface area contributed by atoms with Gasteiger partial charge < -0.3 is 5.11 Å². The van der Waals surface area contributed by atoms with Gasteiger partial charge in [0, 0.05) is 7.05 Å². The Labute approximate surface area is 137 Å². The van der Waals surface area contributed by atoms with Crippen LogP contribution in [0, 0.1) is 0 Å². The number of hydrogen-bond acceptors (Lipinski definition) is 6. The minimum Gasteiger partial charge on any atom is -0.386 e. The second-order valence-corrected chi connectivity index (χ2v) is 7.49. The van der Waals surface area contributed by atoms with Crippen LogP contribution in [-0.4, -0.2) is 44.6 Å². The SMILES string of the molecule is CC(C)c1nn(C)c(=O)c2cc(C(=O)N3C[C@](C)(O)CO3)sc12. The molecule has 1 N–H and O–H groups in total. The molecule has 2 aromatic rings. The Balaban J connectivity index is 2.07. The molecule has 1 saturated heterocycles. The van der Waals surface area contributed by atoms with E-state index in [2.05, 4.69) is 5.10 Å². The zero-order valence-electron chi connectivity index (χ0n) is 13.5. The summed E-state index contributed by atoms with van der Waals surface area (Å²) in [7, 11) is 1.60. The second-order valence-electron chi connectivity index (χ2n) is 6.43. The van der Waals surface area contributed by atoms with Crippen LogP contribution in [0.5, 0.6) is 0 Å². The highest BCUT2D eigenvalue weighted by molar-refractivity contribution is 7.21. The molecule has 8 heteroatoms. The summed E-state index contributed by atoms with van der Waals surface area (Å²) in [6.07, 6.45) is 0. The molecule has 1 atom stereocenters. The van der Waals surface area contributed by atoms with E-state index in [-0.39, 0.29) is 30.5 Å². The molecule has 0 saturated carbocycles. The molecule has 124 valence electrons. The Morgan fingerprint density at radius 2 is 2.22 bits per heavy atom. The van der Waals surface area contributed by atoms with Crippen LogP contribution in [0.15, 0.2) is 10.9 Å². The number of aliphatic hydroxyl groups is 1. The largest absolute Gasteiger partial charge is 0.386 e. The van der Waals surface area contributed by atoms with Gasteiger partial charge in [0.05, 0.1) is 27.2 Å². The fraction of sp³-hybridized carbons (Fsp3) is 0.533. The van der Waals surface area contributed by atoms with Crippen molar-refractivity contribution in [2.45, 2.75) is 32.3 Å². The van der Waals surface area contributed by atoms with Crippen molar-refractivity contribution in [1.82, 2.24) is 14.8 Å². The zero-order chi connectivity index (χ0) is 16.9. The molecule has 2 aromatic heterocycles. The number of hydrogen-bond donors (Lipinski definition) is 1. The number of hydroxylamine groups is 2. The molecule has 1 aliphatic rings. The lowest BCUT2D eigenvalue weighted by Gasteiger charge is -2.14. The van der Waals surface area contributed by atoms with E-state index in [1.807, 2.05) is 13.8 Å². The molecule has 1 aliphatic heterocycles. The molecule has 3 rings (SSSR count). The van der Waals surface area contributed by atoms with Gasteiger partial charge in [-0.15, -0.1) is 11.3 Å². The molecule has 1 amide bonds. The smallest absolute Gasteiger partial charge is 0.287 e. The van der Waals surface area contributed by atoms with Crippen LogP contribution in [0.1, 0.15) is 42.1 Å². The predicted molar refractivity (Wildman–Crippen MR) is 86.6 cm³/mol. The summed E-state index contributed by atoms with van der Waals surface area (Å²) in [5.41, 5.74) is -0.484. The van der Waals surface area contributed by atoms with Crippen LogP contribution in [0.2, 0.25) is 0 Å². The molecule has 0 radical (unpaired) electrons. The number of aromatic nitrogens is 2. The van der Waals surface area contributed by atoms with Crippen LogP contribution in [-0.2, 0) is 11.9 Å². The molecule has 0 spiro atoms.